The Kier molecular flexibility index (Phi) is 5.75. The van der Waals surface area contributed by atoms with Crippen molar-refractivity contribution in [2.45, 2.75) is 26.4 Å². The molecule has 8 heteroatoms. The van der Waals surface area contributed by atoms with Gasteiger partial charge in [0.2, 0.25) is 5.01 Å². The van der Waals surface area contributed by atoms with E-state index < -0.39 is 0 Å². The first-order chi connectivity index (χ1) is 12.6. The highest BCUT2D eigenvalue weighted by atomic mass is 32.1. The molecule has 136 valence electrons. The summed E-state index contributed by atoms with van der Waals surface area (Å²) in [4.78, 5) is 22.3. The smallest absolute Gasteiger partial charge is 0.367 e. The molecule has 7 nitrogen and oxygen atoms in total. The van der Waals surface area contributed by atoms with Crippen molar-refractivity contribution in [3.63, 3.8) is 0 Å². The Bertz CT molecular complexity index is 845. The zero-order valence-corrected chi connectivity index (χ0v) is 15.8. The second kappa shape index (κ2) is 8.20. The highest BCUT2D eigenvalue weighted by Gasteiger charge is 2.16. The normalized spacial score (nSPS) is 12.3. The fourth-order valence-electron chi connectivity index (χ4n) is 2.56. The van der Waals surface area contributed by atoms with Crippen molar-refractivity contribution in [3.05, 3.63) is 58.6 Å². The van der Waals surface area contributed by atoms with Gasteiger partial charge < -0.3 is 4.74 Å². The monoisotopic (exact) mass is 371 g/mol. The molecule has 0 aliphatic carbocycles. The van der Waals surface area contributed by atoms with E-state index in [0.717, 1.165) is 11.4 Å². The topological polar surface area (TPSA) is 73.1 Å². The predicted octanol–water partition coefficient (Wildman–Crippen LogP) is 3.09. The van der Waals surface area contributed by atoms with Crippen LogP contribution < -0.4 is 0 Å². The lowest BCUT2D eigenvalue weighted by molar-refractivity contribution is 0.0525. The molecule has 0 aliphatic rings. The van der Waals surface area contributed by atoms with Crippen LogP contribution in [0.1, 0.15) is 40.9 Å². The van der Waals surface area contributed by atoms with E-state index in [9.17, 15) is 4.79 Å². The molecule has 0 N–H and O–H groups in total. The second-order valence-electron chi connectivity index (χ2n) is 5.89. The minimum atomic E-state index is -0.358. The molecule has 0 bridgehead atoms. The first kappa shape index (κ1) is 18.2. The highest BCUT2D eigenvalue weighted by Crippen LogP contribution is 2.22. The van der Waals surface area contributed by atoms with Gasteiger partial charge in [-0.1, -0.05) is 12.1 Å². The predicted molar refractivity (Wildman–Crippen MR) is 99.3 cm³/mol. The third kappa shape index (κ3) is 4.14. The summed E-state index contributed by atoms with van der Waals surface area (Å²) in [7, 11) is 2.04. The number of esters is 1. The van der Waals surface area contributed by atoms with Crippen LogP contribution in [-0.4, -0.2) is 44.3 Å². The Morgan fingerprint density at radius 2 is 2.12 bits per heavy atom. The van der Waals surface area contributed by atoms with Crippen LogP contribution in [0, 0.1) is 0 Å². The third-order valence-electron chi connectivity index (χ3n) is 4.13. The largest absolute Gasteiger partial charge is 0.461 e. The van der Waals surface area contributed by atoms with Crippen LogP contribution in [0.25, 0.3) is 5.69 Å². The molecule has 2 heterocycles. The molecule has 2 aromatic heterocycles. The molecule has 1 aromatic carbocycles. The lowest BCUT2D eigenvalue weighted by atomic mass is 10.1. The van der Waals surface area contributed by atoms with Crippen molar-refractivity contribution < 1.29 is 9.53 Å². The van der Waals surface area contributed by atoms with Crippen molar-refractivity contribution in [3.8, 4) is 5.69 Å². The van der Waals surface area contributed by atoms with Gasteiger partial charge in [-0.15, -0.1) is 11.3 Å². The van der Waals surface area contributed by atoms with Gasteiger partial charge in [0, 0.05) is 18.0 Å². The molecule has 0 spiro atoms. The molecule has 0 aliphatic heterocycles. The molecule has 1 unspecified atom stereocenters. The quantitative estimate of drug-likeness (QED) is 0.594. The molecule has 0 fully saturated rings. The summed E-state index contributed by atoms with van der Waals surface area (Å²) in [6, 6.07) is 8.42. The van der Waals surface area contributed by atoms with Crippen molar-refractivity contribution in [1.82, 2.24) is 24.6 Å². The fraction of sp³-hybridized carbons (Fsp3) is 0.333. The molecule has 1 atom stereocenters. The van der Waals surface area contributed by atoms with Crippen LogP contribution in [0.3, 0.4) is 0 Å². The number of ether oxygens (including phenoxy) is 1. The van der Waals surface area contributed by atoms with E-state index in [1.54, 1.807) is 17.9 Å². The minimum absolute atomic E-state index is 0.201. The number of hydrogen-bond acceptors (Lipinski definition) is 7. The van der Waals surface area contributed by atoms with Crippen LogP contribution in [0.5, 0.6) is 0 Å². The van der Waals surface area contributed by atoms with Crippen LogP contribution in [0.4, 0.5) is 0 Å². The summed E-state index contributed by atoms with van der Waals surface area (Å²) in [6.45, 7) is 4.94. The number of rotatable bonds is 7. The number of carbonyl (C=O) groups is 1. The fourth-order valence-corrected chi connectivity index (χ4v) is 3.26. The van der Waals surface area contributed by atoms with Crippen LogP contribution in [0.2, 0.25) is 0 Å². The zero-order valence-electron chi connectivity index (χ0n) is 15.0. The first-order valence-electron chi connectivity index (χ1n) is 8.35. The average Bonchev–Trinajstić information content (AvgIpc) is 3.33. The summed E-state index contributed by atoms with van der Waals surface area (Å²) in [6.07, 6.45) is 3.19. The number of benzene rings is 1. The molecule has 0 saturated carbocycles. The maximum atomic E-state index is 11.7. The molecule has 0 amide bonds. The summed E-state index contributed by atoms with van der Waals surface area (Å²) in [5, 5.41) is 6.44. The highest BCUT2D eigenvalue weighted by molar-refractivity contribution is 7.11. The van der Waals surface area contributed by atoms with Gasteiger partial charge in [0.05, 0.1) is 18.0 Å². The van der Waals surface area contributed by atoms with Crippen molar-refractivity contribution in [2.75, 3.05) is 13.7 Å². The standard InChI is InChI=1S/C18H21N5O2S/c1-4-25-18(24)17-21-15(10-26-17)9-22(3)13(2)14-5-7-16(8-6-14)23-12-19-11-20-23/h5-8,10-13H,4,9H2,1-3H3. The molecular weight excluding hydrogens is 350 g/mol. The molecule has 0 radical (unpaired) electrons. The van der Waals surface area contributed by atoms with E-state index >= 15 is 0 Å². The number of aromatic nitrogens is 4. The SMILES string of the molecule is CCOC(=O)c1nc(CN(C)C(C)c2ccc(-n3cncn3)cc2)cs1. The van der Waals surface area contributed by atoms with Crippen LogP contribution >= 0.6 is 11.3 Å². The minimum Gasteiger partial charge on any atom is -0.461 e. The average molecular weight is 371 g/mol. The number of carbonyl (C=O) groups excluding carboxylic acids is 1. The first-order valence-corrected chi connectivity index (χ1v) is 9.23. The van der Waals surface area contributed by atoms with Gasteiger partial charge in [0.25, 0.3) is 0 Å². The Balaban J connectivity index is 1.64. The maximum Gasteiger partial charge on any atom is 0.367 e. The van der Waals surface area contributed by atoms with Gasteiger partial charge in [-0.3, -0.25) is 4.90 Å². The number of hydrogen-bond donors (Lipinski definition) is 0. The molecule has 0 saturated heterocycles. The van der Waals surface area contributed by atoms with E-state index in [2.05, 4.69) is 39.0 Å². The van der Waals surface area contributed by atoms with Crippen LogP contribution in [-0.2, 0) is 11.3 Å². The number of thiazole rings is 1. The van der Waals surface area contributed by atoms with Gasteiger partial charge in [-0.05, 0) is 38.6 Å². The number of nitrogens with zero attached hydrogens (tertiary/aromatic N) is 5. The molecule has 3 aromatic rings. The van der Waals surface area contributed by atoms with E-state index in [1.807, 2.05) is 24.6 Å². The Morgan fingerprint density at radius 3 is 2.77 bits per heavy atom. The van der Waals surface area contributed by atoms with Gasteiger partial charge in [-0.2, -0.15) is 5.10 Å². The van der Waals surface area contributed by atoms with Gasteiger partial charge >= 0.3 is 5.97 Å². The van der Waals surface area contributed by atoms with E-state index in [-0.39, 0.29) is 12.0 Å². The Hall–Kier alpha value is -2.58. The zero-order chi connectivity index (χ0) is 18.5. The Labute approximate surface area is 156 Å². The lowest BCUT2D eigenvalue weighted by Crippen LogP contribution is -2.22. The summed E-state index contributed by atoms with van der Waals surface area (Å²) in [5.41, 5.74) is 3.03. The third-order valence-corrected chi connectivity index (χ3v) is 5.00. The van der Waals surface area contributed by atoms with Gasteiger partial charge in [-0.25, -0.2) is 19.4 Å². The van der Waals surface area contributed by atoms with Gasteiger partial charge in [0.1, 0.15) is 12.7 Å². The summed E-state index contributed by atoms with van der Waals surface area (Å²) < 4.78 is 6.72. The van der Waals surface area contributed by atoms with Crippen LogP contribution in [0.15, 0.2) is 42.3 Å². The molecule has 26 heavy (non-hydrogen) atoms. The van der Waals surface area contributed by atoms with Gasteiger partial charge in [0.15, 0.2) is 0 Å². The maximum absolute atomic E-state index is 11.7. The lowest BCUT2D eigenvalue weighted by Gasteiger charge is -2.24. The molecular formula is C18H21N5O2S. The molecule has 3 rings (SSSR count). The van der Waals surface area contributed by atoms with E-state index in [4.69, 9.17) is 4.74 Å². The second-order valence-corrected chi connectivity index (χ2v) is 6.75. The Morgan fingerprint density at radius 1 is 1.35 bits per heavy atom. The van der Waals surface area contributed by atoms with E-state index in [1.165, 1.54) is 23.2 Å². The van der Waals surface area contributed by atoms with E-state index in [0.29, 0.717) is 18.2 Å². The van der Waals surface area contributed by atoms with Crippen molar-refractivity contribution >= 4 is 17.3 Å². The van der Waals surface area contributed by atoms with Crippen molar-refractivity contribution in [1.29, 1.82) is 0 Å². The van der Waals surface area contributed by atoms with Crippen molar-refractivity contribution in [2.24, 2.45) is 0 Å². The summed E-state index contributed by atoms with van der Waals surface area (Å²) >= 11 is 1.32. The summed E-state index contributed by atoms with van der Waals surface area (Å²) in [5.74, 6) is -0.358.